The first-order chi connectivity index (χ1) is 20.8. The van der Waals surface area contributed by atoms with Gasteiger partial charge < -0.3 is 26.0 Å². The molecule has 4 N–H and O–H groups in total. The molecule has 1 amide bonds. The van der Waals surface area contributed by atoms with Crippen molar-refractivity contribution in [2.75, 3.05) is 44.5 Å². The minimum Gasteiger partial charge on any atom is -0.399 e. The Labute approximate surface area is 259 Å². The third-order valence-electron chi connectivity index (χ3n) is 9.46. The summed E-state index contributed by atoms with van der Waals surface area (Å²) in [4.78, 5) is 23.8. The number of nitrogens with one attached hydrogen (secondary N) is 2. The standard InChI is InChI=1S/C21H27N5O.C8H15NO.C6H12/c1-4-26(3)18-9-17(24-14(2)25-18)10-23-19(27)21-11-20(12-21,13-21)15-5-7-16(22)8-6-15;1-10-6-5-9-7-8-3-2-4-8;1-2-4-6-5-3-1/h5-9H,4,10-13,22H2,1-3H3,(H,23,27);7,9H,2-6H2,1H3;1-6H2. The van der Waals surface area contributed by atoms with Crippen molar-refractivity contribution in [3.05, 3.63) is 59.2 Å². The maximum Gasteiger partial charge on any atom is 0.226 e. The number of benzene rings is 1. The molecule has 0 saturated heterocycles. The van der Waals surface area contributed by atoms with Crippen LogP contribution in [0.4, 0.5) is 11.5 Å². The van der Waals surface area contributed by atoms with E-state index < -0.39 is 0 Å². The van der Waals surface area contributed by atoms with E-state index in [1.54, 1.807) is 12.7 Å². The van der Waals surface area contributed by atoms with Crippen molar-refractivity contribution in [1.29, 1.82) is 0 Å². The molecule has 1 aromatic heterocycles. The van der Waals surface area contributed by atoms with Gasteiger partial charge in [0.15, 0.2) is 0 Å². The maximum atomic E-state index is 12.8. The van der Waals surface area contributed by atoms with E-state index in [1.807, 2.05) is 32.2 Å². The van der Waals surface area contributed by atoms with Gasteiger partial charge in [0.05, 0.1) is 24.3 Å². The zero-order valence-corrected chi connectivity index (χ0v) is 27.0. The SMILES string of the molecule is C1CCCCC1.CCN(C)c1cc(CNC(=O)C23CC(c4ccc(N)cc4)(C2)C3)nc(C)n1.COCCNC=C1CCC1. The Bertz CT molecular complexity index is 1170. The number of nitrogens with zero attached hydrogens (tertiary/aromatic N) is 3. The van der Waals surface area contributed by atoms with Crippen molar-refractivity contribution in [3.63, 3.8) is 0 Å². The molecule has 8 heteroatoms. The fraction of sp³-hybridized carbons (Fsp3) is 0.629. The van der Waals surface area contributed by atoms with Crippen LogP contribution in [-0.4, -0.2) is 49.7 Å². The summed E-state index contributed by atoms with van der Waals surface area (Å²) in [6, 6.07) is 10.1. The molecular formula is C35H54N6O2. The van der Waals surface area contributed by atoms with E-state index in [9.17, 15) is 4.79 Å². The summed E-state index contributed by atoms with van der Waals surface area (Å²) in [5.74, 6) is 1.77. The van der Waals surface area contributed by atoms with Crippen molar-refractivity contribution in [2.45, 2.75) is 103 Å². The van der Waals surface area contributed by atoms with E-state index in [0.29, 0.717) is 6.54 Å². The summed E-state index contributed by atoms with van der Waals surface area (Å²) in [6.45, 7) is 7.01. The first-order valence-corrected chi connectivity index (χ1v) is 16.4. The monoisotopic (exact) mass is 590 g/mol. The normalized spacial score (nSPS) is 23.0. The second-order valence-electron chi connectivity index (χ2n) is 12.9. The minimum absolute atomic E-state index is 0.154. The van der Waals surface area contributed by atoms with E-state index in [1.165, 1.54) is 63.4 Å². The lowest BCUT2D eigenvalue weighted by molar-refractivity contribution is -0.176. The van der Waals surface area contributed by atoms with Crippen LogP contribution in [0.1, 0.15) is 101 Å². The largest absolute Gasteiger partial charge is 0.399 e. The number of nitrogen functional groups attached to an aromatic ring is 1. The molecular weight excluding hydrogens is 536 g/mol. The van der Waals surface area contributed by atoms with E-state index >= 15 is 0 Å². The van der Waals surface area contributed by atoms with Crippen molar-refractivity contribution in [1.82, 2.24) is 20.6 Å². The predicted octanol–water partition coefficient (Wildman–Crippen LogP) is 6.19. The highest BCUT2D eigenvalue weighted by Gasteiger charge is 2.71. The summed E-state index contributed by atoms with van der Waals surface area (Å²) in [6.07, 6.45) is 17.9. The van der Waals surface area contributed by atoms with Gasteiger partial charge in [0.2, 0.25) is 5.91 Å². The molecule has 1 heterocycles. The summed E-state index contributed by atoms with van der Waals surface area (Å²) in [5, 5.41) is 6.30. The average Bonchev–Trinajstić information content (AvgIpc) is 2.95. The number of aromatic nitrogens is 2. The Kier molecular flexibility index (Phi) is 11.9. The Morgan fingerprint density at radius 3 is 2.19 bits per heavy atom. The minimum atomic E-state index is -0.188. The van der Waals surface area contributed by atoms with E-state index in [4.69, 9.17) is 10.5 Å². The highest BCUT2D eigenvalue weighted by molar-refractivity contribution is 5.87. The molecule has 236 valence electrons. The van der Waals surface area contributed by atoms with Crippen LogP contribution in [0.2, 0.25) is 0 Å². The third kappa shape index (κ3) is 8.71. The lowest BCUT2D eigenvalue weighted by Gasteiger charge is -2.69. The van der Waals surface area contributed by atoms with Gasteiger partial charge in [-0.25, -0.2) is 9.97 Å². The Morgan fingerprint density at radius 2 is 1.65 bits per heavy atom. The lowest BCUT2D eigenvalue weighted by Crippen LogP contribution is -2.69. The van der Waals surface area contributed by atoms with Gasteiger partial charge in [-0.15, -0.1) is 0 Å². The van der Waals surface area contributed by atoms with Crippen LogP contribution in [0.5, 0.6) is 0 Å². The molecule has 1 aromatic carbocycles. The molecule has 8 nitrogen and oxygen atoms in total. The van der Waals surface area contributed by atoms with E-state index in [0.717, 1.165) is 62.0 Å². The molecule has 5 aliphatic rings. The van der Waals surface area contributed by atoms with E-state index in [2.05, 4.69) is 50.8 Å². The first kappa shape index (κ1) is 32.8. The number of methoxy groups -OCH3 is 1. The molecule has 5 fully saturated rings. The maximum absolute atomic E-state index is 12.8. The molecule has 2 bridgehead atoms. The zero-order chi connectivity index (χ0) is 30.7. The van der Waals surface area contributed by atoms with Gasteiger partial charge in [-0.3, -0.25) is 4.79 Å². The van der Waals surface area contributed by atoms with Crippen molar-refractivity contribution in [2.24, 2.45) is 5.41 Å². The number of hydrogen-bond acceptors (Lipinski definition) is 7. The van der Waals surface area contributed by atoms with Crippen LogP contribution in [0, 0.1) is 12.3 Å². The Hall–Kier alpha value is -3.13. The predicted molar refractivity (Wildman–Crippen MR) is 176 cm³/mol. The molecule has 0 aliphatic heterocycles. The number of nitrogens with two attached hydrogens (primary N) is 1. The molecule has 43 heavy (non-hydrogen) atoms. The summed E-state index contributed by atoms with van der Waals surface area (Å²) in [7, 11) is 3.72. The van der Waals surface area contributed by atoms with Crippen molar-refractivity contribution >= 4 is 17.4 Å². The number of ether oxygens (including phenoxy) is 1. The van der Waals surface area contributed by atoms with Crippen LogP contribution in [0.15, 0.2) is 42.1 Å². The highest BCUT2D eigenvalue weighted by atomic mass is 16.5. The summed E-state index contributed by atoms with van der Waals surface area (Å²) >= 11 is 0. The third-order valence-corrected chi connectivity index (χ3v) is 9.46. The first-order valence-electron chi connectivity index (χ1n) is 16.4. The number of carbonyl (C=O) groups is 1. The molecule has 0 unspecified atom stereocenters. The number of carbonyl (C=O) groups excluding carboxylic acids is 1. The number of amides is 1. The van der Waals surface area contributed by atoms with Crippen molar-refractivity contribution < 1.29 is 9.53 Å². The quantitative estimate of drug-likeness (QED) is 0.224. The fourth-order valence-electron chi connectivity index (χ4n) is 6.55. The van der Waals surface area contributed by atoms with Crippen LogP contribution < -0.4 is 21.3 Å². The van der Waals surface area contributed by atoms with Crippen molar-refractivity contribution in [3.8, 4) is 0 Å². The number of anilines is 2. The summed E-state index contributed by atoms with van der Waals surface area (Å²) in [5.41, 5.74) is 10.3. The van der Waals surface area contributed by atoms with Gasteiger partial charge in [-0.1, -0.05) is 56.2 Å². The van der Waals surface area contributed by atoms with Gasteiger partial charge >= 0.3 is 0 Å². The molecule has 2 aromatic rings. The topological polar surface area (TPSA) is 105 Å². The second kappa shape index (κ2) is 15.6. The molecule has 5 aliphatic carbocycles. The Morgan fingerprint density at radius 1 is 1.02 bits per heavy atom. The molecule has 7 rings (SSSR count). The molecule has 5 saturated carbocycles. The highest BCUT2D eigenvalue weighted by Crippen LogP contribution is 2.73. The molecule has 0 atom stereocenters. The van der Waals surface area contributed by atoms with Gasteiger partial charge in [0.1, 0.15) is 11.6 Å². The molecule has 0 spiro atoms. The van der Waals surface area contributed by atoms with E-state index in [-0.39, 0.29) is 16.7 Å². The number of allylic oxidation sites excluding steroid dienone is 1. The number of rotatable bonds is 10. The van der Waals surface area contributed by atoms with Crippen LogP contribution in [0.25, 0.3) is 0 Å². The average molecular weight is 591 g/mol. The fourth-order valence-corrected chi connectivity index (χ4v) is 6.55. The zero-order valence-electron chi connectivity index (χ0n) is 27.0. The second-order valence-corrected chi connectivity index (χ2v) is 12.9. The van der Waals surface area contributed by atoms with Gasteiger partial charge in [-0.2, -0.15) is 0 Å². The van der Waals surface area contributed by atoms with Gasteiger partial charge in [0, 0.05) is 39.0 Å². The summed E-state index contributed by atoms with van der Waals surface area (Å²) < 4.78 is 4.88. The van der Waals surface area contributed by atoms with Gasteiger partial charge in [0.25, 0.3) is 0 Å². The van der Waals surface area contributed by atoms with Crippen LogP contribution in [-0.2, 0) is 21.5 Å². The Balaban J connectivity index is 0.000000215. The van der Waals surface area contributed by atoms with Crippen LogP contribution in [0.3, 0.4) is 0 Å². The number of hydrogen-bond donors (Lipinski definition) is 3. The smallest absolute Gasteiger partial charge is 0.226 e. The van der Waals surface area contributed by atoms with Crippen LogP contribution >= 0.6 is 0 Å². The van der Waals surface area contributed by atoms with Gasteiger partial charge in [-0.05, 0) is 81.7 Å². The lowest BCUT2D eigenvalue weighted by atomic mass is 9.33. The number of aryl methyl sites for hydroxylation is 1. The molecule has 0 radical (unpaired) electrons.